The Hall–Kier alpha value is -2.23. The Kier molecular flexibility index (Phi) is 3.90. The fourth-order valence-corrected chi connectivity index (χ4v) is 2.08. The van der Waals surface area contributed by atoms with Crippen LogP contribution in [-0.4, -0.2) is 4.92 Å². The third kappa shape index (κ3) is 2.78. The molecule has 98 valence electrons. The first-order valence-corrected chi connectivity index (χ1v) is 6.12. The number of nitro benzene ring substituents is 1. The Morgan fingerprint density at radius 3 is 2.32 bits per heavy atom. The van der Waals surface area contributed by atoms with Crippen LogP contribution >= 0.6 is 0 Å². The monoisotopic (exact) mass is 259 g/mol. The molecule has 0 radical (unpaired) electrons. The minimum absolute atomic E-state index is 0.357. The Morgan fingerprint density at radius 2 is 1.74 bits per heavy atom. The van der Waals surface area contributed by atoms with Gasteiger partial charge in [-0.2, -0.15) is 4.39 Å². The lowest BCUT2D eigenvalue weighted by Gasteiger charge is -2.07. The summed E-state index contributed by atoms with van der Waals surface area (Å²) in [6.45, 7) is 1.78. The molecule has 0 atom stereocenters. The number of nitro groups is 1. The lowest BCUT2D eigenvalue weighted by Crippen LogP contribution is -2.02. The quantitative estimate of drug-likeness (QED) is 0.617. The van der Waals surface area contributed by atoms with Crippen LogP contribution in [0.3, 0.4) is 0 Å². The summed E-state index contributed by atoms with van der Waals surface area (Å²) in [5.74, 6) is -0.715. The van der Waals surface area contributed by atoms with Gasteiger partial charge in [0, 0.05) is 12.0 Å². The van der Waals surface area contributed by atoms with Crippen molar-refractivity contribution in [2.45, 2.75) is 19.8 Å². The van der Waals surface area contributed by atoms with Crippen molar-refractivity contribution >= 4 is 5.69 Å². The standard InChI is InChI=1S/C15H14FNO2/c1-2-12-8-9-13(14(16)15(12)17(18)19)10-11-6-4-3-5-7-11/h3-9H,2,10H2,1H3. The van der Waals surface area contributed by atoms with Gasteiger partial charge in [-0.15, -0.1) is 0 Å². The molecule has 0 bridgehead atoms. The van der Waals surface area contributed by atoms with Gasteiger partial charge in [0.2, 0.25) is 5.82 Å². The highest BCUT2D eigenvalue weighted by Crippen LogP contribution is 2.27. The van der Waals surface area contributed by atoms with Gasteiger partial charge < -0.3 is 0 Å². The molecule has 0 aliphatic heterocycles. The maximum atomic E-state index is 14.2. The Morgan fingerprint density at radius 1 is 1.11 bits per heavy atom. The van der Waals surface area contributed by atoms with Crippen molar-refractivity contribution in [1.29, 1.82) is 0 Å². The lowest BCUT2D eigenvalue weighted by atomic mass is 10.0. The molecule has 0 aromatic heterocycles. The molecular formula is C15H14FNO2. The summed E-state index contributed by atoms with van der Waals surface area (Å²) in [6.07, 6.45) is 0.802. The topological polar surface area (TPSA) is 43.1 Å². The molecule has 0 amide bonds. The van der Waals surface area contributed by atoms with Crippen LogP contribution in [0.25, 0.3) is 0 Å². The smallest absolute Gasteiger partial charge is 0.258 e. The minimum Gasteiger partial charge on any atom is -0.258 e. The molecule has 0 saturated heterocycles. The van der Waals surface area contributed by atoms with E-state index in [9.17, 15) is 14.5 Å². The van der Waals surface area contributed by atoms with E-state index in [4.69, 9.17) is 0 Å². The van der Waals surface area contributed by atoms with E-state index in [1.54, 1.807) is 19.1 Å². The number of rotatable bonds is 4. The summed E-state index contributed by atoms with van der Waals surface area (Å²) in [5.41, 5.74) is 1.32. The molecule has 0 saturated carbocycles. The third-order valence-corrected chi connectivity index (χ3v) is 3.08. The zero-order chi connectivity index (χ0) is 13.8. The molecule has 0 aliphatic carbocycles. The second-order valence-electron chi connectivity index (χ2n) is 4.32. The Labute approximate surface area is 110 Å². The van der Waals surface area contributed by atoms with Crippen LogP contribution in [0.1, 0.15) is 23.6 Å². The maximum Gasteiger partial charge on any atom is 0.308 e. The van der Waals surface area contributed by atoms with Crippen LogP contribution < -0.4 is 0 Å². The number of nitrogens with zero attached hydrogens (tertiary/aromatic N) is 1. The molecule has 0 fully saturated rings. The average Bonchev–Trinajstić information content (AvgIpc) is 2.41. The number of aryl methyl sites for hydroxylation is 1. The molecule has 0 aliphatic rings. The van der Waals surface area contributed by atoms with E-state index in [1.807, 2.05) is 30.3 Å². The molecule has 0 unspecified atom stereocenters. The molecule has 3 nitrogen and oxygen atoms in total. The van der Waals surface area contributed by atoms with Gasteiger partial charge in [-0.1, -0.05) is 49.4 Å². The van der Waals surface area contributed by atoms with Gasteiger partial charge in [-0.05, 0) is 17.5 Å². The van der Waals surface area contributed by atoms with Gasteiger partial charge in [-0.3, -0.25) is 10.1 Å². The van der Waals surface area contributed by atoms with E-state index in [0.717, 1.165) is 5.56 Å². The number of hydrogen-bond donors (Lipinski definition) is 0. The van der Waals surface area contributed by atoms with E-state index >= 15 is 0 Å². The Bertz CT molecular complexity index is 597. The third-order valence-electron chi connectivity index (χ3n) is 3.08. The fourth-order valence-electron chi connectivity index (χ4n) is 2.08. The summed E-state index contributed by atoms with van der Waals surface area (Å²) < 4.78 is 14.2. The molecule has 0 N–H and O–H groups in total. The average molecular weight is 259 g/mol. The van der Waals surface area contributed by atoms with Crippen LogP contribution in [0, 0.1) is 15.9 Å². The molecular weight excluding hydrogens is 245 g/mol. The lowest BCUT2D eigenvalue weighted by molar-refractivity contribution is -0.388. The number of halogens is 1. The van der Waals surface area contributed by atoms with E-state index in [1.165, 1.54) is 0 Å². The van der Waals surface area contributed by atoms with Crippen molar-refractivity contribution in [3.05, 3.63) is 75.1 Å². The predicted octanol–water partition coefficient (Wildman–Crippen LogP) is 3.89. The Balaban J connectivity index is 2.43. The van der Waals surface area contributed by atoms with E-state index < -0.39 is 16.4 Å². The van der Waals surface area contributed by atoms with Crippen LogP contribution in [0.4, 0.5) is 10.1 Å². The molecule has 19 heavy (non-hydrogen) atoms. The van der Waals surface area contributed by atoms with Crippen molar-refractivity contribution in [2.24, 2.45) is 0 Å². The summed E-state index contributed by atoms with van der Waals surface area (Å²) in [7, 11) is 0. The van der Waals surface area contributed by atoms with E-state index in [0.29, 0.717) is 24.0 Å². The fraction of sp³-hybridized carbons (Fsp3) is 0.200. The summed E-state index contributed by atoms with van der Waals surface area (Å²) >= 11 is 0. The van der Waals surface area contributed by atoms with Crippen LogP contribution in [0.2, 0.25) is 0 Å². The molecule has 0 heterocycles. The first-order chi connectivity index (χ1) is 9.13. The maximum absolute atomic E-state index is 14.2. The second-order valence-corrected chi connectivity index (χ2v) is 4.32. The van der Waals surface area contributed by atoms with Crippen molar-refractivity contribution in [1.82, 2.24) is 0 Å². The molecule has 2 rings (SSSR count). The normalized spacial score (nSPS) is 10.4. The number of benzene rings is 2. The zero-order valence-electron chi connectivity index (χ0n) is 10.6. The van der Waals surface area contributed by atoms with Crippen molar-refractivity contribution in [3.8, 4) is 0 Å². The highest BCUT2D eigenvalue weighted by Gasteiger charge is 2.22. The van der Waals surface area contributed by atoms with Gasteiger partial charge in [0.1, 0.15) is 0 Å². The van der Waals surface area contributed by atoms with Gasteiger partial charge >= 0.3 is 5.69 Å². The van der Waals surface area contributed by atoms with Crippen LogP contribution in [-0.2, 0) is 12.8 Å². The highest BCUT2D eigenvalue weighted by molar-refractivity contribution is 5.46. The largest absolute Gasteiger partial charge is 0.308 e. The summed E-state index contributed by atoms with van der Waals surface area (Å²) in [6, 6.07) is 12.6. The van der Waals surface area contributed by atoms with Crippen LogP contribution in [0.5, 0.6) is 0 Å². The summed E-state index contributed by atoms with van der Waals surface area (Å²) in [5, 5.41) is 11.0. The first kappa shape index (κ1) is 13.2. The molecule has 2 aromatic rings. The van der Waals surface area contributed by atoms with E-state index in [-0.39, 0.29) is 0 Å². The predicted molar refractivity (Wildman–Crippen MR) is 71.7 cm³/mol. The number of hydrogen-bond acceptors (Lipinski definition) is 2. The van der Waals surface area contributed by atoms with Crippen LogP contribution in [0.15, 0.2) is 42.5 Å². The van der Waals surface area contributed by atoms with Gasteiger partial charge in [0.25, 0.3) is 0 Å². The van der Waals surface area contributed by atoms with Gasteiger partial charge in [0.15, 0.2) is 0 Å². The molecule has 4 heteroatoms. The highest BCUT2D eigenvalue weighted by atomic mass is 19.1. The van der Waals surface area contributed by atoms with Gasteiger partial charge in [0.05, 0.1) is 4.92 Å². The van der Waals surface area contributed by atoms with Gasteiger partial charge in [-0.25, -0.2) is 0 Å². The SMILES string of the molecule is CCc1ccc(Cc2ccccc2)c(F)c1[N+](=O)[O-]. The summed E-state index contributed by atoms with van der Waals surface area (Å²) in [4.78, 5) is 10.3. The first-order valence-electron chi connectivity index (χ1n) is 6.12. The van der Waals surface area contributed by atoms with Crippen molar-refractivity contribution in [2.75, 3.05) is 0 Å². The van der Waals surface area contributed by atoms with Crippen molar-refractivity contribution in [3.63, 3.8) is 0 Å². The minimum atomic E-state index is -0.715. The molecule has 2 aromatic carbocycles. The van der Waals surface area contributed by atoms with Crippen molar-refractivity contribution < 1.29 is 9.31 Å². The second kappa shape index (κ2) is 5.61. The zero-order valence-corrected chi connectivity index (χ0v) is 10.6. The van der Waals surface area contributed by atoms with E-state index in [2.05, 4.69) is 0 Å². The molecule has 0 spiro atoms.